The van der Waals surface area contributed by atoms with Gasteiger partial charge >= 0.3 is 0 Å². The number of amides is 1. The predicted octanol–water partition coefficient (Wildman–Crippen LogP) is -1.08. The highest BCUT2D eigenvalue weighted by Gasteiger charge is 2.39. The van der Waals surface area contributed by atoms with Crippen molar-refractivity contribution >= 4 is 11.6 Å². The van der Waals surface area contributed by atoms with Crippen LogP contribution in [0.4, 0.5) is 0 Å². The molecule has 2 rings (SSSR count). The zero-order valence-corrected chi connectivity index (χ0v) is 9.81. The van der Waals surface area contributed by atoms with Gasteiger partial charge in [0.05, 0.1) is 5.71 Å². The summed E-state index contributed by atoms with van der Waals surface area (Å²) >= 11 is 0. The topological polar surface area (TPSA) is 118 Å². The van der Waals surface area contributed by atoms with Gasteiger partial charge in [-0.15, -0.1) is 0 Å². The van der Waals surface area contributed by atoms with E-state index in [1.165, 1.54) is 0 Å². The van der Waals surface area contributed by atoms with Crippen molar-refractivity contribution in [2.45, 2.75) is 18.5 Å². The fourth-order valence-corrected chi connectivity index (χ4v) is 1.88. The van der Waals surface area contributed by atoms with E-state index in [2.05, 4.69) is 21.4 Å². The van der Waals surface area contributed by atoms with E-state index in [0.717, 1.165) is 11.3 Å². The maximum Gasteiger partial charge on any atom is 0.277 e. The minimum Gasteiger partial charge on any atom is -0.291 e. The molecule has 7 N–H and O–H groups in total. The van der Waals surface area contributed by atoms with Gasteiger partial charge in [-0.3, -0.25) is 21.5 Å². The van der Waals surface area contributed by atoms with Gasteiger partial charge in [-0.1, -0.05) is 30.3 Å². The van der Waals surface area contributed by atoms with Gasteiger partial charge in [0.1, 0.15) is 0 Å². The third kappa shape index (κ3) is 2.19. The molecule has 1 aliphatic rings. The molecule has 18 heavy (non-hydrogen) atoms. The molecule has 0 saturated heterocycles. The summed E-state index contributed by atoms with van der Waals surface area (Å²) < 4.78 is 0. The number of benzene rings is 1. The minimum atomic E-state index is -1.15. The molecule has 1 aromatic rings. The molecule has 0 fully saturated rings. The summed E-state index contributed by atoms with van der Waals surface area (Å²) in [7, 11) is 0. The lowest BCUT2D eigenvalue weighted by Crippen LogP contribution is -2.69. The smallest absolute Gasteiger partial charge is 0.277 e. The average Bonchev–Trinajstić information content (AvgIpc) is 2.47. The quantitative estimate of drug-likeness (QED) is 0.265. The zero-order valence-electron chi connectivity index (χ0n) is 9.81. The van der Waals surface area contributed by atoms with E-state index >= 15 is 0 Å². The highest BCUT2D eigenvalue weighted by atomic mass is 16.2. The first-order chi connectivity index (χ1) is 8.72. The van der Waals surface area contributed by atoms with Crippen LogP contribution in [0.1, 0.15) is 18.4 Å². The fraction of sp³-hybridized carbons (Fsp3) is 0.273. The van der Waals surface area contributed by atoms with Crippen molar-refractivity contribution < 1.29 is 4.79 Å². The van der Waals surface area contributed by atoms with E-state index < -0.39 is 11.6 Å². The first-order valence-electron chi connectivity index (χ1n) is 5.60. The molecule has 0 radical (unpaired) electrons. The van der Waals surface area contributed by atoms with Crippen LogP contribution in [0.5, 0.6) is 0 Å². The molecule has 0 saturated carbocycles. The number of hydrogen-bond acceptors (Lipinski definition) is 6. The van der Waals surface area contributed by atoms with Crippen molar-refractivity contribution in [1.82, 2.24) is 16.3 Å². The molecule has 1 heterocycles. The van der Waals surface area contributed by atoms with Gasteiger partial charge in [-0.25, -0.2) is 11.3 Å². The SMILES string of the molecule is NNC(=O)C1(NN)CCC(c2ccccc2)=NN1. The van der Waals surface area contributed by atoms with Crippen molar-refractivity contribution in [2.75, 3.05) is 0 Å². The maximum atomic E-state index is 11.7. The Bertz CT molecular complexity index is 460. The molecule has 1 aliphatic heterocycles. The molecule has 1 aromatic carbocycles. The number of hydrogen-bond donors (Lipinski definition) is 5. The van der Waals surface area contributed by atoms with Crippen LogP contribution in [0.2, 0.25) is 0 Å². The van der Waals surface area contributed by atoms with E-state index in [4.69, 9.17) is 11.7 Å². The van der Waals surface area contributed by atoms with Crippen LogP contribution in [-0.4, -0.2) is 17.3 Å². The molecule has 0 spiro atoms. The van der Waals surface area contributed by atoms with E-state index in [9.17, 15) is 4.79 Å². The van der Waals surface area contributed by atoms with Crippen LogP contribution in [-0.2, 0) is 4.79 Å². The largest absolute Gasteiger partial charge is 0.291 e. The molecule has 96 valence electrons. The summed E-state index contributed by atoms with van der Waals surface area (Å²) in [6.07, 6.45) is 1.08. The second kappa shape index (κ2) is 5.13. The predicted molar refractivity (Wildman–Crippen MR) is 67.7 cm³/mol. The molecule has 0 aromatic heterocycles. The molecule has 1 atom stereocenters. The van der Waals surface area contributed by atoms with Crippen LogP contribution in [0.15, 0.2) is 35.4 Å². The van der Waals surface area contributed by atoms with E-state index in [-0.39, 0.29) is 0 Å². The Labute approximate surface area is 105 Å². The van der Waals surface area contributed by atoms with Gasteiger partial charge in [0, 0.05) is 6.42 Å². The highest BCUT2D eigenvalue weighted by Crippen LogP contribution is 2.18. The van der Waals surface area contributed by atoms with Crippen molar-refractivity contribution in [2.24, 2.45) is 16.8 Å². The number of rotatable bonds is 3. The Hall–Kier alpha value is -1.96. The Kier molecular flexibility index (Phi) is 3.56. The number of carbonyl (C=O) groups excluding carboxylic acids is 1. The van der Waals surface area contributed by atoms with Gasteiger partial charge in [0.25, 0.3) is 5.91 Å². The first kappa shape index (κ1) is 12.5. The van der Waals surface area contributed by atoms with Gasteiger partial charge < -0.3 is 0 Å². The Balaban J connectivity index is 2.19. The number of hydrazone groups is 1. The van der Waals surface area contributed by atoms with Crippen molar-refractivity contribution in [3.05, 3.63) is 35.9 Å². The average molecular weight is 248 g/mol. The Morgan fingerprint density at radius 2 is 2.06 bits per heavy atom. The van der Waals surface area contributed by atoms with Crippen LogP contribution >= 0.6 is 0 Å². The molecule has 1 unspecified atom stereocenters. The molecule has 0 aliphatic carbocycles. The summed E-state index contributed by atoms with van der Waals surface area (Å²) in [6, 6.07) is 9.74. The number of nitrogens with zero attached hydrogens (tertiary/aromatic N) is 1. The molecule has 0 bridgehead atoms. The van der Waals surface area contributed by atoms with E-state index in [1.54, 1.807) is 0 Å². The second-order valence-corrected chi connectivity index (χ2v) is 4.06. The summed E-state index contributed by atoms with van der Waals surface area (Å²) in [6.45, 7) is 0. The number of carbonyl (C=O) groups is 1. The summed E-state index contributed by atoms with van der Waals surface area (Å²) in [5, 5.41) is 4.20. The number of hydrazine groups is 2. The third-order valence-corrected chi connectivity index (χ3v) is 2.99. The Morgan fingerprint density at radius 3 is 2.56 bits per heavy atom. The van der Waals surface area contributed by atoms with Crippen molar-refractivity contribution in [3.63, 3.8) is 0 Å². The van der Waals surface area contributed by atoms with Crippen LogP contribution in [0.25, 0.3) is 0 Å². The lowest BCUT2D eigenvalue weighted by molar-refractivity contribution is -0.129. The van der Waals surface area contributed by atoms with Crippen molar-refractivity contribution in [1.29, 1.82) is 0 Å². The molecule has 1 amide bonds. The minimum absolute atomic E-state index is 0.444. The zero-order chi connectivity index (χ0) is 13.0. The first-order valence-corrected chi connectivity index (χ1v) is 5.60. The normalized spacial score (nSPS) is 22.9. The molecule has 7 nitrogen and oxygen atoms in total. The highest BCUT2D eigenvalue weighted by molar-refractivity contribution is 6.01. The summed E-state index contributed by atoms with van der Waals surface area (Å²) in [4.78, 5) is 11.7. The van der Waals surface area contributed by atoms with Crippen molar-refractivity contribution in [3.8, 4) is 0 Å². The van der Waals surface area contributed by atoms with E-state index in [1.807, 2.05) is 30.3 Å². The Morgan fingerprint density at radius 1 is 1.33 bits per heavy atom. The van der Waals surface area contributed by atoms with Gasteiger partial charge in [0.15, 0.2) is 5.66 Å². The summed E-state index contributed by atoms with van der Waals surface area (Å²) in [5.41, 5.74) is 7.99. The molecular weight excluding hydrogens is 232 g/mol. The lowest BCUT2D eigenvalue weighted by atomic mass is 9.96. The monoisotopic (exact) mass is 248 g/mol. The van der Waals surface area contributed by atoms with Crippen LogP contribution in [0, 0.1) is 0 Å². The van der Waals surface area contributed by atoms with Gasteiger partial charge in [-0.2, -0.15) is 5.10 Å². The van der Waals surface area contributed by atoms with Crippen LogP contribution in [0.3, 0.4) is 0 Å². The van der Waals surface area contributed by atoms with Crippen LogP contribution < -0.4 is 28.0 Å². The second-order valence-electron chi connectivity index (χ2n) is 4.06. The van der Waals surface area contributed by atoms with Gasteiger partial charge in [-0.05, 0) is 12.0 Å². The molecular formula is C11H16N6O. The fourth-order valence-electron chi connectivity index (χ4n) is 1.88. The maximum absolute atomic E-state index is 11.7. The lowest BCUT2D eigenvalue weighted by Gasteiger charge is -2.34. The third-order valence-electron chi connectivity index (χ3n) is 2.99. The van der Waals surface area contributed by atoms with E-state index in [0.29, 0.717) is 12.8 Å². The summed E-state index contributed by atoms with van der Waals surface area (Å²) in [5.74, 6) is 10.1. The number of nitrogens with two attached hydrogens (primary N) is 2. The molecule has 7 heteroatoms. The van der Waals surface area contributed by atoms with Gasteiger partial charge in [0.2, 0.25) is 0 Å². The number of nitrogens with one attached hydrogen (secondary N) is 3. The standard InChI is InChI=1S/C11H16N6O/c12-14-10(18)11(16-13)7-6-9(15-17-11)8-4-2-1-3-5-8/h1-5,16-17H,6-7,12-13H2,(H,14,18).